The average Bonchev–Trinajstić information content (AvgIpc) is 3.19. The van der Waals surface area contributed by atoms with E-state index < -0.39 is 22.0 Å². The Hall–Kier alpha value is -2.71. The first-order valence-electron chi connectivity index (χ1n) is 8.91. The van der Waals surface area contributed by atoms with E-state index in [9.17, 15) is 18.0 Å². The number of anilines is 1. The number of carbonyl (C=O) groups excluding carboxylic acids is 2. The van der Waals surface area contributed by atoms with Crippen molar-refractivity contribution in [2.75, 3.05) is 19.0 Å². The first-order chi connectivity index (χ1) is 13.3. The summed E-state index contributed by atoms with van der Waals surface area (Å²) in [7, 11) is -2.32. The predicted molar refractivity (Wildman–Crippen MR) is 105 cm³/mol. The van der Waals surface area contributed by atoms with Gasteiger partial charge in [-0.15, -0.1) is 0 Å². The Morgan fingerprint density at radius 3 is 2.43 bits per heavy atom. The lowest BCUT2D eigenvalue weighted by molar-refractivity contribution is -0.119. The molecule has 1 aliphatic rings. The maximum atomic E-state index is 13.0. The average molecular weight is 402 g/mol. The van der Waals surface area contributed by atoms with Crippen LogP contribution >= 0.6 is 0 Å². The number of ether oxygens (including phenoxy) is 1. The summed E-state index contributed by atoms with van der Waals surface area (Å²) in [6, 6.07) is 11.9. The number of para-hydroxylation sites is 1. The van der Waals surface area contributed by atoms with Crippen LogP contribution in [0, 0.1) is 0 Å². The van der Waals surface area contributed by atoms with E-state index in [1.165, 1.54) is 30.5 Å². The molecule has 0 spiro atoms. The molecule has 0 aliphatic carbocycles. The zero-order valence-corrected chi connectivity index (χ0v) is 16.5. The van der Waals surface area contributed by atoms with Crippen molar-refractivity contribution < 1.29 is 22.7 Å². The smallest absolute Gasteiger partial charge is 0.243 e. The molecule has 1 fully saturated rings. The molecular weight excluding hydrogens is 380 g/mol. The van der Waals surface area contributed by atoms with Gasteiger partial charge in [0.15, 0.2) is 5.78 Å². The van der Waals surface area contributed by atoms with Gasteiger partial charge in [-0.3, -0.25) is 9.59 Å². The molecule has 0 bridgehead atoms. The lowest BCUT2D eigenvalue weighted by Gasteiger charge is -2.24. The normalized spacial score (nSPS) is 17.3. The molecule has 2 aromatic carbocycles. The Labute approximate surface area is 164 Å². The molecule has 0 aromatic heterocycles. The fourth-order valence-electron chi connectivity index (χ4n) is 3.29. The van der Waals surface area contributed by atoms with Crippen LogP contribution in [0.2, 0.25) is 0 Å². The molecule has 28 heavy (non-hydrogen) atoms. The summed E-state index contributed by atoms with van der Waals surface area (Å²) >= 11 is 0. The van der Waals surface area contributed by atoms with E-state index >= 15 is 0 Å². The first kappa shape index (κ1) is 20.0. The number of methoxy groups -OCH3 is 1. The minimum absolute atomic E-state index is 0.108. The number of nitrogens with zero attached hydrogens (tertiary/aromatic N) is 1. The number of benzene rings is 2. The van der Waals surface area contributed by atoms with Crippen LogP contribution < -0.4 is 10.1 Å². The van der Waals surface area contributed by atoms with Gasteiger partial charge < -0.3 is 10.1 Å². The summed E-state index contributed by atoms with van der Waals surface area (Å²) in [5, 5.41) is 2.72. The van der Waals surface area contributed by atoms with Gasteiger partial charge in [-0.05, 0) is 56.2 Å². The maximum absolute atomic E-state index is 13.0. The molecule has 1 heterocycles. The minimum atomic E-state index is -3.83. The van der Waals surface area contributed by atoms with Crippen LogP contribution in [-0.4, -0.2) is 44.1 Å². The van der Waals surface area contributed by atoms with Gasteiger partial charge >= 0.3 is 0 Å². The maximum Gasteiger partial charge on any atom is 0.243 e. The van der Waals surface area contributed by atoms with Crippen LogP contribution in [-0.2, 0) is 14.8 Å². The number of sulfonamides is 1. The molecule has 0 radical (unpaired) electrons. The molecule has 7 nitrogen and oxygen atoms in total. The summed E-state index contributed by atoms with van der Waals surface area (Å²) in [5.41, 5.74) is 0.770. The zero-order chi connectivity index (χ0) is 20.3. The zero-order valence-electron chi connectivity index (χ0n) is 15.7. The van der Waals surface area contributed by atoms with Gasteiger partial charge in [0.2, 0.25) is 15.9 Å². The molecule has 1 amide bonds. The highest BCUT2D eigenvalue weighted by Crippen LogP contribution is 2.28. The van der Waals surface area contributed by atoms with Gasteiger partial charge in [-0.2, -0.15) is 4.31 Å². The Balaban J connectivity index is 1.84. The van der Waals surface area contributed by atoms with E-state index in [0.717, 1.165) is 0 Å². The van der Waals surface area contributed by atoms with E-state index in [1.807, 2.05) is 0 Å². The largest absolute Gasteiger partial charge is 0.497 e. The quantitative estimate of drug-likeness (QED) is 0.750. The highest BCUT2D eigenvalue weighted by atomic mass is 32.2. The number of ketones is 1. The van der Waals surface area contributed by atoms with Gasteiger partial charge in [0, 0.05) is 12.1 Å². The third-order valence-corrected chi connectivity index (χ3v) is 6.66. The summed E-state index contributed by atoms with van der Waals surface area (Å²) < 4.78 is 32.3. The molecular formula is C20H22N2O5S. The summed E-state index contributed by atoms with van der Waals surface area (Å²) in [6.45, 7) is 1.68. The summed E-state index contributed by atoms with van der Waals surface area (Å²) in [5.74, 6) is -0.0659. The molecule has 1 N–H and O–H groups in total. The van der Waals surface area contributed by atoms with Crippen molar-refractivity contribution in [3.63, 3.8) is 0 Å². The van der Waals surface area contributed by atoms with Crippen molar-refractivity contribution in [3.05, 3.63) is 54.1 Å². The lowest BCUT2D eigenvalue weighted by Crippen LogP contribution is -2.43. The number of Topliss-reactive ketones (excluding diaryl/α,β-unsaturated/α-hetero) is 1. The van der Waals surface area contributed by atoms with E-state index in [0.29, 0.717) is 29.8 Å². The molecule has 3 rings (SSSR count). The van der Waals surface area contributed by atoms with Crippen LogP contribution in [0.4, 0.5) is 5.69 Å². The van der Waals surface area contributed by atoms with E-state index in [4.69, 9.17) is 4.74 Å². The lowest BCUT2D eigenvalue weighted by atomic mass is 10.1. The molecule has 148 valence electrons. The van der Waals surface area contributed by atoms with Gasteiger partial charge in [-0.1, -0.05) is 12.1 Å². The van der Waals surface area contributed by atoms with Crippen LogP contribution in [0.5, 0.6) is 5.75 Å². The first-order valence-corrected chi connectivity index (χ1v) is 10.4. The molecule has 0 unspecified atom stereocenters. The van der Waals surface area contributed by atoms with E-state index in [1.54, 1.807) is 36.4 Å². The molecule has 1 saturated heterocycles. The Kier molecular flexibility index (Phi) is 5.81. The fraction of sp³-hybridized carbons (Fsp3) is 0.300. The van der Waals surface area contributed by atoms with Gasteiger partial charge in [0.05, 0.1) is 17.7 Å². The molecule has 0 saturated carbocycles. The SMILES string of the molecule is COc1ccc(S(=O)(=O)N2CCC[C@@H]2C(=O)Nc2ccccc2C(C)=O)cc1. The van der Waals surface area contributed by atoms with Crippen LogP contribution in [0.3, 0.4) is 0 Å². The van der Waals surface area contributed by atoms with Crippen LogP contribution in [0.15, 0.2) is 53.4 Å². The molecule has 1 aliphatic heterocycles. The summed E-state index contributed by atoms with van der Waals surface area (Å²) in [4.78, 5) is 24.7. The van der Waals surface area contributed by atoms with Crippen molar-refractivity contribution in [3.8, 4) is 5.75 Å². The highest BCUT2D eigenvalue weighted by molar-refractivity contribution is 7.89. The highest BCUT2D eigenvalue weighted by Gasteiger charge is 2.39. The monoisotopic (exact) mass is 402 g/mol. The standard InChI is InChI=1S/C20H22N2O5S/c1-14(23)17-6-3-4-7-18(17)21-20(24)19-8-5-13-22(19)28(25,26)16-11-9-15(27-2)10-12-16/h3-4,6-7,9-12,19H,5,8,13H2,1-2H3,(H,21,24)/t19-/m1/s1. The van der Waals surface area contributed by atoms with Crippen molar-refractivity contribution in [2.45, 2.75) is 30.7 Å². The van der Waals surface area contributed by atoms with E-state index in [2.05, 4.69) is 5.32 Å². The van der Waals surface area contributed by atoms with Crippen LogP contribution in [0.25, 0.3) is 0 Å². The van der Waals surface area contributed by atoms with Gasteiger partial charge in [0.1, 0.15) is 11.8 Å². The second-order valence-corrected chi connectivity index (χ2v) is 8.43. The van der Waals surface area contributed by atoms with Crippen molar-refractivity contribution >= 4 is 27.4 Å². The third kappa shape index (κ3) is 3.93. The molecule has 2 aromatic rings. The van der Waals surface area contributed by atoms with Crippen molar-refractivity contribution in [2.24, 2.45) is 0 Å². The predicted octanol–water partition coefficient (Wildman–Crippen LogP) is 2.69. The number of amides is 1. The topological polar surface area (TPSA) is 92.8 Å². The number of rotatable bonds is 6. The number of carbonyl (C=O) groups is 2. The van der Waals surface area contributed by atoms with Crippen molar-refractivity contribution in [1.29, 1.82) is 0 Å². The van der Waals surface area contributed by atoms with Gasteiger partial charge in [-0.25, -0.2) is 8.42 Å². The molecule has 8 heteroatoms. The second kappa shape index (κ2) is 8.12. The number of hydrogen-bond donors (Lipinski definition) is 1. The van der Waals surface area contributed by atoms with Crippen LogP contribution in [0.1, 0.15) is 30.1 Å². The summed E-state index contributed by atoms with van der Waals surface area (Å²) in [6.07, 6.45) is 1.01. The fourth-order valence-corrected chi connectivity index (χ4v) is 4.94. The Morgan fingerprint density at radius 2 is 1.79 bits per heavy atom. The van der Waals surface area contributed by atoms with E-state index in [-0.39, 0.29) is 17.2 Å². The Bertz CT molecular complexity index is 986. The second-order valence-electron chi connectivity index (χ2n) is 6.54. The van der Waals surface area contributed by atoms with Crippen molar-refractivity contribution in [1.82, 2.24) is 4.31 Å². The minimum Gasteiger partial charge on any atom is -0.497 e. The third-order valence-electron chi connectivity index (χ3n) is 4.74. The molecule has 1 atom stereocenters. The Morgan fingerprint density at radius 1 is 1.11 bits per heavy atom. The van der Waals surface area contributed by atoms with Gasteiger partial charge in [0.25, 0.3) is 0 Å². The number of hydrogen-bond acceptors (Lipinski definition) is 5. The number of nitrogens with one attached hydrogen (secondary N) is 1.